The molecule has 0 aliphatic heterocycles. The molecule has 0 aromatic carbocycles. The summed E-state index contributed by atoms with van der Waals surface area (Å²) in [6.07, 6.45) is 64.1. The molecule has 0 radical (unpaired) electrons. The van der Waals surface area contributed by atoms with Crippen molar-refractivity contribution >= 4 is 13.7 Å². The third-order valence-corrected chi connectivity index (χ3v) is 14.7. The maximum Gasteiger partial charge on any atom is 0.472 e. The van der Waals surface area contributed by atoms with Gasteiger partial charge in [-0.15, -0.1) is 0 Å². The summed E-state index contributed by atoms with van der Waals surface area (Å²) in [5, 5.41) is 14.0. The quantitative estimate of drug-likeness (QED) is 0.0243. The Morgan fingerprint density at radius 3 is 1.21 bits per heavy atom. The number of aliphatic hydroxyl groups is 1. The number of amides is 1. The van der Waals surface area contributed by atoms with Crippen molar-refractivity contribution in [3.05, 3.63) is 24.3 Å². The van der Waals surface area contributed by atoms with E-state index in [1.165, 1.54) is 225 Å². The molecule has 0 saturated carbocycles. The summed E-state index contributed by atoms with van der Waals surface area (Å²) < 4.78 is 23.7. The molecule has 0 aromatic heterocycles. The van der Waals surface area contributed by atoms with Gasteiger partial charge in [0, 0.05) is 6.42 Å². The zero-order valence-corrected chi connectivity index (χ0v) is 47.0. The minimum absolute atomic E-state index is 0.0765. The summed E-state index contributed by atoms with van der Waals surface area (Å²) in [5.41, 5.74) is 0. The Morgan fingerprint density at radius 1 is 0.500 bits per heavy atom. The largest absolute Gasteiger partial charge is 0.472 e. The van der Waals surface area contributed by atoms with Gasteiger partial charge in [-0.05, 0) is 44.9 Å². The Morgan fingerprint density at radius 2 is 0.838 bits per heavy atom. The van der Waals surface area contributed by atoms with E-state index < -0.39 is 20.0 Å². The second kappa shape index (κ2) is 50.9. The highest BCUT2D eigenvalue weighted by molar-refractivity contribution is 7.47. The van der Waals surface area contributed by atoms with Crippen LogP contribution in [0.2, 0.25) is 0 Å². The molecule has 1 amide bonds. The van der Waals surface area contributed by atoms with Gasteiger partial charge in [-0.2, -0.15) is 0 Å². The number of allylic oxidation sites excluding steroid dienone is 4. The summed E-state index contributed by atoms with van der Waals surface area (Å²) in [5.74, 6) is -0.141. The number of likely N-dealkylation sites (N-methyl/N-ethyl adjacent to an activating group) is 1. The first-order valence-corrected chi connectivity index (χ1v) is 31.2. The number of nitrogens with one attached hydrogen (secondary N) is 1. The van der Waals surface area contributed by atoms with Gasteiger partial charge in [0.15, 0.2) is 0 Å². The normalized spacial score (nSPS) is 14.0. The molecule has 3 unspecified atom stereocenters. The van der Waals surface area contributed by atoms with E-state index in [2.05, 4.69) is 43.5 Å². The number of nitrogens with zero attached hydrogens (tertiary/aromatic N) is 1. The monoisotopic (exact) mass is 982 g/mol. The van der Waals surface area contributed by atoms with Crippen LogP contribution in [0.25, 0.3) is 0 Å². The standard InChI is InChI=1S/C59H117N2O6P/c1-6-8-10-12-14-16-18-19-20-21-22-23-24-25-26-27-28-29-30-31-32-33-34-35-36-37-38-39-40-41-43-45-47-49-51-53-59(63)60-57(56-67-68(64,65)66-55-54-61(3,4)5)58(62)52-50-48-46-44-42-17-15-13-11-9-7-2/h24-25,27-28,57-58,62H,6-23,26,29-56H2,1-5H3,(H-,60,63,64,65)/p+1/b25-24-,28-27-. The molecular formula is C59H118N2O6P+. The zero-order chi connectivity index (χ0) is 49.9. The van der Waals surface area contributed by atoms with Gasteiger partial charge in [0.25, 0.3) is 0 Å². The van der Waals surface area contributed by atoms with Crippen LogP contribution in [-0.2, 0) is 18.4 Å². The van der Waals surface area contributed by atoms with Gasteiger partial charge in [0.05, 0.1) is 39.9 Å². The Kier molecular flexibility index (Phi) is 50.1. The van der Waals surface area contributed by atoms with Crippen molar-refractivity contribution in [3.63, 3.8) is 0 Å². The van der Waals surface area contributed by atoms with Gasteiger partial charge in [0.2, 0.25) is 5.91 Å². The van der Waals surface area contributed by atoms with Gasteiger partial charge in [-0.1, -0.05) is 269 Å². The molecule has 0 fully saturated rings. The fraction of sp³-hybridized carbons (Fsp3) is 0.915. The summed E-state index contributed by atoms with van der Waals surface area (Å²) >= 11 is 0. The molecule has 0 heterocycles. The highest BCUT2D eigenvalue weighted by Gasteiger charge is 2.28. The molecule has 0 aliphatic rings. The smallest absolute Gasteiger partial charge is 0.391 e. The molecule has 0 saturated heterocycles. The van der Waals surface area contributed by atoms with Gasteiger partial charge in [-0.25, -0.2) is 4.57 Å². The van der Waals surface area contributed by atoms with E-state index in [0.29, 0.717) is 23.9 Å². The first kappa shape index (κ1) is 67.0. The second-order valence-corrected chi connectivity index (χ2v) is 23.2. The molecule has 8 nitrogen and oxygen atoms in total. The molecule has 0 rings (SSSR count). The van der Waals surface area contributed by atoms with E-state index in [-0.39, 0.29) is 19.1 Å². The topological polar surface area (TPSA) is 105 Å². The van der Waals surface area contributed by atoms with Crippen LogP contribution in [0.3, 0.4) is 0 Å². The van der Waals surface area contributed by atoms with Crippen molar-refractivity contribution < 1.29 is 32.9 Å². The molecule has 3 atom stereocenters. The van der Waals surface area contributed by atoms with Crippen molar-refractivity contribution in [2.75, 3.05) is 40.9 Å². The molecule has 9 heteroatoms. The van der Waals surface area contributed by atoms with Gasteiger partial charge in [-0.3, -0.25) is 13.8 Å². The number of phosphoric acid groups is 1. The van der Waals surface area contributed by atoms with Gasteiger partial charge in [0.1, 0.15) is 13.2 Å². The number of hydrogen-bond donors (Lipinski definition) is 3. The van der Waals surface area contributed by atoms with Crippen LogP contribution in [0.5, 0.6) is 0 Å². The first-order valence-electron chi connectivity index (χ1n) is 29.7. The van der Waals surface area contributed by atoms with Gasteiger partial charge >= 0.3 is 7.82 Å². The van der Waals surface area contributed by atoms with E-state index in [9.17, 15) is 19.4 Å². The lowest BCUT2D eigenvalue weighted by Crippen LogP contribution is -2.46. The van der Waals surface area contributed by atoms with E-state index in [1.807, 2.05) is 21.1 Å². The van der Waals surface area contributed by atoms with Crippen molar-refractivity contribution in [1.29, 1.82) is 0 Å². The highest BCUT2D eigenvalue weighted by Crippen LogP contribution is 2.43. The molecule has 0 aromatic rings. The number of aliphatic hydroxyl groups excluding tert-OH is 1. The van der Waals surface area contributed by atoms with E-state index in [1.54, 1.807) is 0 Å². The van der Waals surface area contributed by atoms with Crippen molar-refractivity contribution in [2.24, 2.45) is 0 Å². The third kappa shape index (κ3) is 52.8. The Balaban J connectivity index is 3.90. The van der Waals surface area contributed by atoms with E-state index in [4.69, 9.17) is 9.05 Å². The average molecular weight is 983 g/mol. The third-order valence-electron chi connectivity index (χ3n) is 13.7. The van der Waals surface area contributed by atoms with Crippen LogP contribution in [0, 0.1) is 0 Å². The number of carbonyl (C=O) groups excluding carboxylic acids is 1. The number of phosphoric ester groups is 1. The van der Waals surface area contributed by atoms with Crippen LogP contribution >= 0.6 is 7.82 Å². The van der Waals surface area contributed by atoms with Crippen LogP contribution in [0.1, 0.15) is 296 Å². The van der Waals surface area contributed by atoms with Crippen LogP contribution in [0.4, 0.5) is 0 Å². The fourth-order valence-corrected chi connectivity index (χ4v) is 9.76. The van der Waals surface area contributed by atoms with E-state index in [0.717, 1.165) is 44.9 Å². The second-order valence-electron chi connectivity index (χ2n) is 21.7. The Hall–Kier alpha value is -1.02. The molecule has 0 bridgehead atoms. The summed E-state index contributed by atoms with van der Waals surface area (Å²) in [6, 6.07) is -0.757. The average Bonchev–Trinajstić information content (AvgIpc) is 3.30. The number of unbranched alkanes of at least 4 members (excludes halogenated alkanes) is 38. The lowest BCUT2D eigenvalue weighted by Gasteiger charge is -2.26. The minimum atomic E-state index is -4.31. The zero-order valence-electron chi connectivity index (χ0n) is 46.1. The maximum absolute atomic E-state index is 13.0. The number of carbonyl (C=O) groups is 1. The number of quaternary nitrogens is 1. The molecule has 68 heavy (non-hydrogen) atoms. The van der Waals surface area contributed by atoms with Crippen LogP contribution < -0.4 is 5.32 Å². The summed E-state index contributed by atoms with van der Waals surface area (Å²) in [6.45, 7) is 4.91. The van der Waals surface area contributed by atoms with Crippen molar-refractivity contribution in [1.82, 2.24) is 5.32 Å². The fourth-order valence-electron chi connectivity index (χ4n) is 9.02. The van der Waals surface area contributed by atoms with Crippen LogP contribution in [0.15, 0.2) is 24.3 Å². The number of rotatable bonds is 55. The predicted molar refractivity (Wildman–Crippen MR) is 295 cm³/mol. The van der Waals surface area contributed by atoms with Crippen molar-refractivity contribution in [2.45, 2.75) is 309 Å². The van der Waals surface area contributed by atoms with E-state index >= 15 is 0 Å². The molecule has 3 N–H and O–H groups in total. The molecule has 0 spiro atoms. The molecule has 0 aliphatic carbocycles. The first-order chi connectivity index (χ1) is 33.0. The maximum atomic E-state index is 13.0. The van der Waals surface area contributed by atoms with Gasteiger partial charge < -0.3 is 19.8 Å². The lowest BCUT2D eigenvalue weighted by molar-refractivity contribution is -0.870. The SMILES string of the molecule is CCCCCCCCCCCCC/C=C\C/C=C\CCCCCCCCCCCCCCCCCCCC(=O)NC(COP(=O)(O)OCC[N+](C)(C)C)C(O)CCCCCCCCCCCCC. The molecular weight excluding hydrogens is 864 g/mol. The Labute approximate surface area is 424 Å². The summed E-state index contributed by atoms with van der Waals surface area (Å²) in [4.78, 5) is 23.3. The lowest BCUT2D eigenvalue weighted by atomic mass is 10.0. The highest BCUT2D eigenvalue weighted by atomic mass is 31.2. The minimum Gasteiger partial charge on any atom is -0.391 e. The Bertz CT molecular complexity index is 1160. The number of hydrogen-bond acceptors (Lipinski definition) is 5. The predicted octanol–water partition coefficient (Wildman–Crippen LogP) is 18.0. The molecule has 404 valence electrons. The summed E-state index contributed by atoms with van der Waals surface area (Å²) in [7, 11) is 1.63. The van der Waals surface area contributed by atoms with Crippen molar-refractivity contribution in [3.8, 4) is 0 Å². The van der Waals surface area contributed by atoms with Crippen LogP contribution in [-0.4, -0.2) is 73.4 Å².